The Morgan fingerprint density at radius 2 is 2.13 bits per heavy atom. The third-order valence-corrected chi connectivity index (χ3v) is 2.04. The predicted octanol–water partition coefficient (Wildman–Crippen LogP) is -0.358. The van der Waals surface area contributed by atoms with Crippen LogP contribution in [0, 0.1) is 0 Å². The van der Waals surface area contributed by atoms with E-state index in [0.29, 0.717) is 6.54 Å². The molecule has 0 unspecified atom stereocenters. The van der Waals surface area contributed by atoms with E-state index in [2.05, 4.69) is 39.7 Å². The van der Waals surface area contributed by atoms with Crippen LogP contribution in [0.2, 0.25) is 0 Å². The molecule has 1 aromatic heterocycles. The first-order valence-corrected chi connectivity index (χ1v) is 5.27. The van der Waals surface area contributed by atoms with Crippen molar-refractivity contribution in [2.24, 2.45) is 7.05 Å². The molecular formula is C9H20N6. The third kappa shape index (κ3) is 5.44. The van der Waals surface area contributed by atoms with Gasteiger partial charge in [-0.1, -0.05) is 0 Å². The highest BCUT2D eigenvalue weighted by Gasteiger charge is 1.98. The summed E-state index contributed by atoms with van der Waals surface area (Å²) in [6, 6.07) is 0. The van der Waals surface area contributed by atoms with Crippen LogP contribution < -0.4 is 5.32 Å². The molecule has 86 valence electrons. The molecule has 1 heterocycles. The average molecular weight is 212 g/mol. The van der Waals surface area contributed by atoms with Crippen LogP contribution in [0.3, 0.4) is 0 Å². The van der Waals surface area contributed by atoms with Gasteiger partial charge in [-0.05, 0) is 45.2 Å². The monoisotopic (exact) mass is 212 g/mol. The molecule has 1 rings (SSSR count). The Bertz CT molecular complexity index is 269. The minimum Gasteiger partial charge on any atom is -0.310 e. The second-order valence-corrected chi connectivity index (χ2v) is 3.88. The zero-order chi connectivity index (χ0) is 11.1. The van der Waals surface area contributed by atoms with E-state index in [0.717, 1.165) is 18.9 Å². The molecule has 0 bridgehead atoms. The summed E-state index contributed by atoms with van der Waals surface area (Å²) >= 11 is 0. The van der Waals surface area contributed by atoms with Gasteiger partial charge in [0.25, 0.3) is 0 Å². The van der Waals surface area contributed by atoms with Gasteiger partial charge in [0.15, 0.2) is 5.82 Å². The molecule has 0 fully saturated rings. The highest BCUT2D eigenvalue weighted by Crippen LogP contribution is 1.90. The lowest BCUT2D eigenvalue weighted by Gasteiger charge is -2.08. The molecule has 0 aliphatic carbocycles. The molecule has 0 saturated carbocycles. The summed E-state index contributed by atoms with van der Waals surface area (Å²) in [7, 11) is 5.96. The molecule has 6 heteroatoms. The Labute approximate surface area is 90.6 Å². The molecule has 1 aromatic rings. The van der Waals surface area contributed by atoms with Crippen molar-refractivity contribution in [2.75, 3.05) is 27.2 Å². The van der Waals surface area contributed by atoms with Crippen molar-refractivity contribution in [3.05, 3.63) is 5.82 Å². The number of hydrogen-bond acceptors (Lipinski definition) is 5. The number of aromatic nitrogens is 4. The zero-order valence-electron chi connectivity index (χ0n) is 9.77. The first-order chi connectivity index (χ1) is 7.18. The Balaban J connectivity index is 1.98. The Morgan fingerprint density at radius 1 is 1.33 bits per heavy atom. The van der Waals surface area contributed by atoms with E-state index in [1.165, 1.54) is 17.6 Å². The zero-order valence-corrected chi connectivity index (χ0v) is 9.77. The van der Waals surface area contributed by atoms with Gasteiger partial charge in [-0.15, -0.1) is 10.2 Å². The van der Waals surface area contributed by atoms with Crippen LogP contribution in [0.25, 0.3) is 0 Å². The van der Waals surface area contributed by atoms with Crippen LogP contribution in [-0.2, 0) is 13.6 Å². The number of hydrogen-bond donors (Lipinski definition) is 1. The number of unbranched alkanes of at least 4 members (excludes halogenated alkanes) is 1. The minimum atomic E-state index is 0.704. The lowest BCUT2D eigenvalue weighted by Crippen LogP contribution is -2.18. The number of nitrogens with one attached hydrogen (secondary N) is 1. The maximum atomic E-state index is 4.08. The van der Waals surface area contributed by atoms with Crippen LogP contribution >= 0.6 is 0 Å². The molecule has 0 spiro atoms. The van der Waals surface area contributed by atoms with E-state index in [4.69, 9.17) is 0 Å². The maximum Gasteiger partial charge on any atom is 0.188 e. The average Bonchev–Trinajstić information content (AvgIpc) is 2.57. The molecule has 0 aliphatic heterocycles. The van der Waals surface area contributed by atoms with Crippen molar-refractivity contribution in [1.29, 1.82) is 0 Å². The molecule has 1 N–H and O–H groups in total. The normalized spacial score (nSPS) is 11.2. The summed E-state index contributed by atoms with van der Waals surface area (Å²) in [5.74, 6) is 0.755. The summed E-state index contributed by atoms with van der Waals surface area (Å²) in [4.78, 5) is 3.67. The van der Waals surface area contributed by atoms with Crippen molar-refractivity contribution in [3.63, 3.8) is 0 Å². The summed E-state index contributed by atoms with van der Waals surface area (Å²) in [5, 5.41) is 15.0. The van der Waals surface area contributed by atoms with Crippen LogP contribution in [0.5, 0.6) is 0 Å². The number of rotatable bonds is 7. The van der Waals surface area contributed by atoms with Gasteiger partial charge in [0.2, 0.25) is 0 Å². The fourth-order valence-corrected chi connectivity index (χ4v) is 1.27. The molecule has 0 amide bonds. The first kappa shape index (κ1) is 12.1. The summed E-state index contributed by atoms with van der Waals surface area (Å²) < 4.78 is 0. The van der Waals surface area contributed by atoms with E-state index >= 15 is 0 Å². The quantitative estimate of drug-likeness (QED) is 0.626. The van der Waals surface area contributed by atoms with Gasteiger partial charge in [0.05, 0.1) is 13.6 Å². The molecule has 0 radical (unpaired) electrons. The number of nitrogens with zero attached hydrogens (tertiary/aromatic N) is 5. The smallest absolute Gasteiger partial charge is 0.188 e. The van der Waals surface area contributed by atoms with Gasteiger partial charge in [0, 0.05) is 0 Å². The SMILES string of the molecule is CN(C)CCCCNCc1nnn(C)n1. The molecule has 0 saturated heterocycles. The molecule has 0 aromatic carbocycles. The Morgan fingerprint density at radius 3 is 2.73 bits per heavy atom. The topological polar surface area (TPSA) is 58.9 Å². The fourth-order valence-electron chi connectivity index (χ4n) is 1.27. The van der Waals surface area contributed by atoms with Crippen molar-refractivity contribution in [2.45, 2.75) is 19.4 Å². The second kappa shape index (κ2) is 6.47. The van der Waals surface area contributed by atoms with Crippen molar-refractivity contribution in [3.8, 4) is 0 Å². The van der Waals surface area contributed by atoms with Gasteiger partial charge in [-0.3, -0.25) is 0 Å². The molecule has 0 aliphatic rings. The van der Waals surface area contributed by atoms with Crippen molar-refractivity contribution < 1.29 is 0 Å². The van der Waals surface area contributed by atoms with Gasteiger partial charge in [-0.2, -0.15) is 4.80 Å². The standard InChI is InChI=1S/C9H20N6/c1-14(2)7-5-4-6-10-8-9-11-13-15(3)12-9/h10H,4-8H2,1-3H3. The molecule has 6 nitrogen and oxygen atoms in total. The van der Waals surface area contributed by atoms with E-state index in [9.17, 15) is 0 Å². The Kier molecular flexibility index (Phi) is 5.20. The van der Waals surface area contributed by atoms with E-state index in [1.54, 1.807) is 7.05 Å². The van der Waals surface area contributed by atoms with E-state index in [-0.39, 0.29) is 0 Å². The lowest BCUT2D eigenvalue weighted by molar-refractivity contribution is 0.391. The Hall–Kier alpha value is -1.01. The van der Waals surface area contributed by atoms with Gasteiger partial charge in [-0.25, -0.2) is 0 Å². The lowest BCUT2D eigenvalue weighted by atomic mass is 10.3. The summed E-state index contributed by atoms with van der Waals surface area (Å²) in [5.41, 5.74) is 0. The van der Waals surface area contributed by atoms with Crippen molar-refractivity contribution >= 4 is 0 Å². The fraction of sp³-hybridized carbons (Fsp3) is 0.889. The van der Waals surface area contributed by atoms with Crippen LogP contribution in [0.15, 0.2) is 0 Å². The summed E-state index contributed by atoms with van der Waals surface area (Å²) in [6.07, 6.45) is 2.40. The van der Waals surface area contributed by atoms with Crippen molar-refractivity contribution in [1.82, 2.24) is 30.4 Å². The predicted molar refractivity (Wildman–Crippen MR) is 58.3 cm³/mol. The summed E-state index contributed by atoms with van der Waals surface area (Å²) in [6.45, 7) is 2.85. The van der Waals surface area contributed by atoms with Gasteiger partial charge < -0.3 is 10.2 Å². The van der Waals surface area contributed by atoms with Gasteiger partial charge in [0.1, 0.15) is 0 Å². The second-order valence-electron chi connectivity index (χ2n) is 3.88. The minimum absolute atomic E-state index is 0.704. The number of tetrazole rings is 1. The number of aryl methyl sites for hydroxylation is 1. The van der Waals surface area contributed by atoms with Crippen LogP contribution in [0.1, 0.15) is 18.7 Å². The highest BCUT2D eigenvalue weighted by molar-refractivity contribution is 4.74. The third-order valence-electron chi connectivity index (χ3n) is 2.04. The van der Waals surface area contributed by atoms with E-state index in [1.807, 2.05) is 0 Å². The maximum absolute atomic E-state index is 4.08. The largest absolute Gasteiger partial charge is 0.310 e. The molecule has 0 atom stereocenters. The van der Waals surface area contributed by atoms with Crippen LogP contribution in [-0.4, -0.2) is 52.3 Å². The van der Waals surface area contributed by atoms with Crippen LogP contribution in [0.4, 0.5) is 0 Å². The first-order valence-electron chi connectivity index (χ1n) is 5.27. The van der Waals surface area contributed by atoms with E-state index < -0.39 is 0 Å². The molecule has 15 heavy (non-hydrogen) atoms. The highest BCUT2D eigenvalue weighted by atomic mass is 15.6. The van der Waals surface area contributed by atoms with Gasteiger partial charge >= 0.3 is 0 Å². The molecular weight excluding hydrogens is 192 g/mol.